The summed E-state index contributed by atoms with van der Waals surface area (Å²) in [6.45, 7) is 5.52. The number of aromatic nitrogens is 1. The number of para-hydroxylation sites is 1. The van der Waals surface area contributed by atoms with Crippen LogP contribution in [0.4, 0.5) is 0 Å². The Balaban J connectivity index is 1.68. The summed E-state index contributed by atoms with van der Waals surface area (Å²) < 4.78 is 21.6. The topological polar surface area (TPSA) is 108 Å². The molecule has 1 heterocycles. The van der Waals surface area contributed by atoms with Gasteiger partial charge in [0, 0.05) is 17.1 Å². The van der Waals surface area contributed by atoms with Crippen molar-refractivity contribution in [3.63, 3.8) is 0 Å². The first-order valence-electron chi connectivity index (χ1n) is 10.9. The third-order valence-electron chi connectivity index (χ3n) is 4.74. The van der Waals surface area contributed by atoms with Gasteiger partial charge in [-0.2, -0.15) is 5.10 Å². The molecule has 0 saturated heterocycles. The van der Waals surface area contributed by atoms with Crippen LogP contribution in [0, 0.1) is 0 Å². The lowest BCUT2D eigenvalue weighted by Gasteiger charge is -2.16. The molecule has 0 saturated carbocycles. The van der Waals surface area contributed by atoms with Gasteiger partial charge in [0.15, 0.2) is 24.7 Å². The second-order valence-electron chi connectivity index (χ2n) is 7.21. The predicted molar refractivity (Wildman–Crippen MR) is 132 cm³/mol. The van der Waals surface area contributed by atoms with E-state index in [0.717, 1.165) is 10.9 Å². The fourth-order valence-electron chi connectivity index (χ4n) is 3.23. The van der Waals surface area contributed by atoms with Gasteiger partial charge in [0.2, 0.25) is 0 Å². The van der Waals surface area contributed by atoms with Gasteiger partial charge in [0.1, 0.15) is 11.3 Å². The number of carbonyl (C=O) groups is 2. The molecule has 9 nitrogen and oxygen atoms in total. The minimum absolute atomic E-state index is 0.223. The van der Waals surface area contributed by atoms with Crippen LogP contribution in [-0.2, 0) is 20.7 Å². The molecule has 0 atom stereocenters. The number of pyridine rings is 1. The van der Waals surface area contributed by atoms with Crippen LogP contribution in [0.15, 0.2) is 66.4 Å². The number of rotatable bonds is 12. The van der Waals surface area contributed by atoms with Crippen LogP contribution in [0.25, 0.3) is 10.9 Å². The van der Waals surface area contributed by atoms with E-state index in [-0.39, 0.29) is 13.2 Å². The zero-order valence-electron chi connectivity index (χ0n) is 19.7. The number of benzene rings is 2. The number of ether oxygens (including phenoxy) is 4. The first-order valence-corrected chi connectivity index (χ1v) is 10.9. The smallest absolute Gasteiger partial charge is 0.343 e. The van der Waals surface area contributed by atoms with Crippen LogP contribution in [0.3, 0.4) is 0 Å². The van der Waals surface area contributed by atoms with Gasteiger partial charge in [-0.15, -0.1) is 6.58 Å². The molecule has 3 rings (SSSR count). The lowest BCUT2D eigenvalue weighted by molar-refractivity contribution is -0.143. The van der Waals surface area contributed by atoms with E-state index in [2.05, 4.69) is 26.8 Å². The average molecular weight is 478 g/mol. The molecule has 0 spiro atoms. The predicted octanol–water partition coefficient (Wildman–Crippen LogP) is 3.44. The van der Waals surface area contributed by atoms with Crippen molar-refractivity contribution in [2.75, 3.05) is 26.9 Å². The SMILES string of the molecule is C=CCc1cc(C=NNC(=O)COc2cccc3cccnc23)cc(OCC)c1OCC(=O)OC. The largest absolute Gasteiger partial charge is 0.490 e. The van der Waals surface area contributed by atoms with Gasteiger partial charge in [-0.1, -0.05) is 24.3 Å². The van der Waals surface area contributed by atoms with Crippen molar-refractivity contribution in [1.82, 2.24) is 10.4 Å². The molecule has 2 aromatic carbocycles. The number of hydrogen-bond donors (Lipinski definition) is 1. The highest BCUT2D eigenvalue weighted by Gasteiger charge is 2.15. The fourth-order valence-corrected chi connectivity index (χ4v) is 3.23. The van der Waals surface area contributed by atoms with Crippen molar-refractivity contribution >= 4 is 29.0 Å². The molecular formula is C26H27N3O6. The van der Waals surface area contributed by atoms with Crippen LogP contribution in [-0.4, -0.2) is 50.0 Å². The number of nitrogens with one attached hydrogen (secondary N) is 1. The third-order valence-corrected chi connectivity index (χ3v) is 4.74. The van der Waals surface area contributed by atoms with Crippen molar-refractivity contribution in [2.45, 2.75) is 13.3 Å². The Morgan fingerprint density at radius 3 is 2.69 bits per heavy atom. The summed E-state index contributed by atoms with van der Waals surface area (Å²) in [7, 11) is 1.29. The normalized spacial score (nSPS) is 10.7. The Morgan fingerprint density at radius 2 is 1.91 bits per heavy atom. The second kappa shape index (κ2) is 12.7. The molecule has 1 N–H and O–H groups in total. The summed E-state index contributed by atoms with van der Waals surface area (Å²) in [6.07, 6.45) is 5.33. The van der Waals surface area contributed by atoms with Gasteiger partial charge in [-0.05, 0) is 43.2 Å². The summed E-state index contributed by atoms with van der Waals surface area (Å²) in [6, 6.07) is 12.8. The zero-order chi connectivity index (χ0) is 25.0. The molecule has 0 aliphatic heterocycles. The summed E-state index contributed by atoms with van der Waals surface area (Å²) >= 11 is 0. The monoisotopic (exact) mass is 477 g/mol. The Labute approximate surface area is 203 Å². The third kappa shape index (κ3) is 7.04. The van der Waals surface area contributed by atoms with Crippen molar-refractivity contribution in [3.8, 4) is 17.2 Å². The highest BCUT2D eigenvalue weighted by atomic mass is 16.6. The van der Waals surface area contributed by atoms with E-state index in [1.807, 2.05) is 37.3 Å². The number of hydrogen-bond acceptors (Lipinski definition) is 8. The van der Waals surface area contributed by atoms with Crippen LogP contribution in [0.2, 0.25) is 0 Å². The quantitative estimate of drug-likeness (QED) is 0.184. The van der Waals surface area contributed by atoms with Gasteiger partial charge in [-0.3, -0.25) is 9.78 Å². The number of amides is 1. The molecular weight excluding hydrogens is 450 g/mol. The van der Waals surface area contributed by atoms with Crippen LogP contribution in [0.5, 0.6) is 17.2 Å². The summed E-state index contributed by atoms with van der Waals surface area (Å²) in [5, 5.41) is 4.94. The molecule has 0 radical (unpaired) electrons. The van der Waals surface area contributed by atoms with E-state index in [0.29, 0.717) is 41.4 Å². The maximum absolute atomic E-state index is 12.2. The van der Waals surface area contributed by atoms with E-state index < -0.39 is 11.9 Å². The number of methoxy groups -OCH3 is 1. The highest BCUT2D eigenvalue weighted by Crippen LogP contribution is 2.33. The van der Waals surface area contributed by atoms with Crippen molar-refractivity contribution < 1.29 is 28.5 Å². The molecule has 0 fully saturated rings. The molecule has 0 aliphatic rings. The lowest BCUT2D eigenvalue weighted by atomic mass is 10.1. The summed E-state index contributed by atoms with van der Waals surface area (Å²) in [5.41, 5.74) is 4.53. The molecule has 182 valence electrons. The standard InChI is InChI=1S/C26H27N3O6/c1-4-8-20-13-18(14-22(33-5-2)26(20)35-17-24(31)32-3)15-28-29-23(30)16-34-21-11-6-9-19-10-7-12-27-25(19)21/h4,6-7,9-15H,1,5,8,16-17H2,2-3H3,(H,29,30). The van der Waals surface area contributed by atoms with E-state index in [1.54, 1.807) is 24.4 Å². The highest BCUT2D eigenvalue weighted by molar-refractivity contribution is 5.86. The van der Waals surface area contributed by atoms with E-state index in [9.17, 15) is 9.59 Å². The zero-order valence-corrected chi connectivity index (χ0v) is 19.7. The van der Waals surface area contributed by atoms with Crippen molar-refractivity contribution in [3.05, 3.63) is 72.4 Å². The number of fused-ring (bicyclic) bond motifs is 1. The van der Waals surface area contributed by atoms with Crippen LogP contribution >= 0.6 is 0 Å². The maximum Gasteiger partial charge on any atom is 0.343 e. The van der Waals surface area contributed by atoms with E-state index >= 15 is 0 Å². The van der Waals surface area contributed by atoms with Gasteiger partial charge in [0.25, 0.3) is 5.91 Å². The fraction of sp³-hybridized carbons (Fsp3) is 0.231. The summed E-state index contributed by atoms with van der Waals surface area (Å²) in [5.74, 6) is 0.446. The average Bonchev–Trinajstić information content (AvgIpc) is 2.87. The Bertz CT molecular complexity index is 1220. The van der Waals surface area contributed by atoms with E-state index in [4.69, 9.17) is 14.2 Å². The first kappa shape index (κ1) is 25.2. The molecule has 0 aliphatic carbocycles. The molecule has 1 amide bonds. The molecule has 9 heteroatoms. The summed E-state index contributed by atoms with van der Waals surface area (Å²) in [4.78, 5) is 28.1. The first-order chi connectivity index (χ1) is 17.0. The van der Waals surface area contributed by atoms with Crippen molar-refractivity contribution in [2.24, 2.45) is 5.10 Å². The number of hydrazone groups is 1. The second-order valence-corrected chi connectivity index (χ2v) is 7.21. The van der Waals surface area contributed by atoms with Crippen molar-refractivity contribution in [1.29, 1.82) is 0 Å². The van der Waals surface area contributed by atoms with Crippen LogP contribution < -0.4 is 19.6 Å². The molecule has 0 bridgehead atoms. The Kier molecular flexibility index (Phi) is 9.18. The van der Waals surface area contributed by atoms with E-state index in [1.165, 1.54) is 13.3 Å². The molecule has 35 heavy (non-hydrogen) atoms. The number of nitrogens with zero attached hydrogens (tertiary/aromatic N) is 2. The van der Waals surface area contributed by atoms with Crippen LogP contribution in [0.1, 0.15) is 18.1 Å². The number of carbonyl (C=O) groups excluding carboxylic acids is 2. The van der Waals surface area contributed by atoms with Gasteiger partial charge >= 0.3 is 5.97 Å². The maximum atomic E-state index is 12.2. The molecule has 0 unspecified atom stereocenters. The lowest BCUT2D eigenvalue weighted by Crippen LogP contribution is -2.24. The molecule has 1 aromatic heterocycles. The minimum Gasteiger partial charge on any atom is -0.490 e. The van der Waals surface area contributed by atoms with Gasteiger partial charge in [0.05, 0.1) is 19.9 Å². The number of allylic oxidation sites excluding steroid dienone is 1. The number of esters is 1. The van der Waals surface area contributed by atoms with Gasteiger partial charge in [-0.25, -0.2) is 10.2 Å². The van der Waals surface area contributed by atoms with Gasteiger partial charge < -0.3 is 18.9 Å². The molecule has 3 aromatic rings. The minimum atomic E-state index is -0.508. The Hall–Kier alpha value is -4.40. The Morgan fingerprint density at radius 1 is 1.09 bits per heavy atom.